The van der Waals surface area contributed by atoms with E-state index in [0.29, 0.717) is 24.7 Å². The summed E-state index contributed by atoms with van der Waals surface area (Å²) >= 11 is 8.18. The molecule has 3 aliphatic rings. The normalized spacial score (nSPS) is 17.8. The molecule has 4 N–H and O–H groups in total. The lowest BCUT2D eigenvalue weighted by molar-refractivity contribution is 0.0935. The highest BCUT2D eigenvalue weighted by Gasteiger charge is 2.24. The number of likely N-dealkylation sites (N-methyl/N-ethyl adjacent to an activating group) is 1. The molecule has 2 unspecified atom stereocenters. The number of nitrogens with one attached hydrogen (secondary N) is 3. The van der Waals surface area contributed by atoms with Crippen LogP contribution in [-0.4, -0.2) is 140 Å². The minimum Gasteiger partial charge on any atom is -0.381 e. The highest BCUT2D eigenvalue weighted by Crippen LogP contribution is 2.36. The van der Waals surface area contributed by atoms with Crippen LogP contribution in [0.15, 0.2) is 137 Å². The van der Waals surface area contributed by atoms with Crippen LogP contribution in [0.3, 0.4) is 0 Å². The molecular weight excluding hydrogens is 895 g/mol. The molecule has 12 nitrogen and oxygen atoms in total. The van der Waals surface area contributed by atoms with Crippen molar-refractivity contribution in [3.05, 3.63) is 144 Å². The molecule has 5 aromatic rings. The zero-order chi connectivity index (χ0) is 46.5. The Morgan fingerprint density at radius 3 is 2.30 bits per heavy atom. The molecule has 0 saturated carbocycles. The Balaban J connectivity index is 0.856. The summed E-state index contributed by atoms with van der Waals surface area (Å²) in [5.74, 6) is 0.755. The standard InChI is InChI=1S/C52H64ClN10O2PS/c1-59(2)26-24-44(38-67-48-10-5-4-6-11-48)56-42-18-22-47(23-19-42)66(65)58-43-16-20-45(21-17-43)62-32-34-63(35-33-62)46-9-7-8-40(36-46)51-50(39-12-14-41(53)15-13-39)55-37-49(57-51)52(64)54-25-27-61-30-28-60(3)29-31-61/h4-12,14-23,36-37,39,44,56,58,65H,13,24-35,38H2,1-3H3,(H,54,64)/t39?,44-,66?/m1/s1. The van der Waals surface area contributed by atoms with E-state index in [-0.39, 0.29) is 11.8 Å². The number of hydrogen-bond acceptors (Lipinski definition) is 12. The monoisotopic (exact) mass is 958 g/mol. The van der Waals surface area contributed by atoms with Crippen LogP contribution < -0.4 is 30.8 Å². The van der Waals surface area contributed by atoms with Crippen LogP contribution in [0, 0.1) is 0 Å². The number of allylic oxidation sites excluding steroid dienone is 4. The molecule has 352 valence electrons. The summed E-state index contributed by atoms with van der Waals surface area (Å²) < 4.78 is 0. The van der Waals surface area contributed by atoms with E-state index in [1.54, 1.807) is 6.20 Å². The average Bonchev–Trinajstić information content (AvgIpc) is 3.36. The van der Waals surface area contributed by atoms with Gasteiger partial charge >= 0.3 is 0 Å². The van der Waals surface area contributed by atoms with Crippen molar-refractivity contribution in [2.45, 2.75) is 29.7 Å². The number of hydrogen-bond donors (Lipinski definition) is 4. The van der Waals surface area contributed by atoms with Crippen molar-refractivity contribution in [1.82, 2.24) is 30.0 Å². The van der Waals surface area contributed by atoms with Crippen molar-refractivity contribution in [3.63, 3.8) is 0 Å². The van der Waals surface area contributed by atoms with Gasteiger partial charge in [0.1, 0.15) is 5.69 Å². The zero-order valence-corrected chi connectivity index (χ0v) is 41.4. The van der Waals surface area contributed by atoms with Crippen LogP contribution in [0.5, 0.6) is 0 Å². The second-order valence-corrected chi connectivity index (χ2v) is 20.7. The predicted molar refractivity (Wildman–Crippen MR) is 282 cm³/mol. The van der Waals surface area contributed by atoms with Crippen molar-refractivity contribution in [2.75, 3.05) is 119 Å². The summed E-state index contributed by atoms with van der Waals surface area (Å²) in [4.78, 5) is 47.6. The Labute approximate surface area is 407 Å². The van der Waals surface area contributed by atoms with Crippen LogP contribution in [0.4, 0.5) is 22.7 Å². The van der Waals surface area contributed by atoms with Gasteiger partial charge in [0, 0.05) is 127 Å². The number of rotatable bonds is 19. The van der Waals surface area contributed by atoms with Gasteiger partial charge in [-0.2, -0.15) is 0 Å². The van der Waals surface area contributed by atoms with Gasteiger partial charge < -0.3 is 40.2 Å². The molecule has 1 aliphatic carbocycles. The van der Waals surface area contributed by atoms with Crippen LogP contribution in [-0.2, 0) is 0 Å². The van der Waals surface area contributed by atoms with E-state index in [0.717, 1.165) is 128 Å². The first-order valence-electron chi connectivity index (χ1n) is 23.4. The molecule has 3 heterocycles. The van der Waals surface area contributed by atoms with Crippen LogP contribution in [0.2, 0.25) is 0 Å². The lowest BCUT2D eigenvalue weighted by atomic mass is 9.93. The second-order valence-electron chi connectivity index (χ2n) is 17.8. The Bertz CT molecular complexity index is 2430. The van der Waals surface area contributed by atoms with E-state index in [2.05, 4.69) is 158 Å². The van der Waals surface area contributed by atoms with E-state index in [4.69, 9.17) is 21.6 Å². The maximum atomic E-state index is 13.4. The highest BCUT2D eigenvalue weighted by molar-refractivity contribution is 7.99. The number of carbonyl (C=O) groups excluding carboxylic acids is 1. The largest absolute Gasteiger partial charge is 0.381 e. The average molecular weight is 960 g/mol. The number of piperazine rings is 2. The molecule has 8 rings (SSSR count). The van der Waals surface area contributed by atoms with E-state index in [1.807, 2.05) is 36.0 Å². The van der Waals surface area contributed by atoms with E-state index < -0.39 is 8.30 Å². The minimum absolute atomic E-state index is 0.00180. The second kappa shape index (κ2) is 23.8. The number of halogens is 1. The topological polar surface area (TPSA) is 115 Å². The van der Waals surface area contributed by atoms with Crippen molar-refractivity contribution >= 4 is 65.6 Å². The SMILES string of the molecule is CN(C)CC[C@H](CSc1ccccc1)Nc1ccc(P(O)Nc2ccc(N3CCN(c4cccc(-c5nc(C(=O)NCCN6CCN(C)CC6)cnc5C5C=CC(Cl)=CC5)c4)CC3)cc2)cc1. The third-order valence-corrected chi connectivity index (χ3v) is 15.3. The molecule has 1 aromatic heterocycles. The van der Waals surface area contributed by atoms with Gasteiger partial charge in [-0.05, 0) is 119 Å². The summed E-state index contributed by atoms with van der Waals surface area (Å²) in [5, 5.41) is 11.8. The van der Waals surface area contributed by atoms with Crippen LogP contribution in [0.1, 0.15) is 34.9 Å². The molecule has 1 amide bonds. The van der Waals surface area contributed by atoms with Gasteiger partial charge in [-0.15, -0.1) is 11.8 Å². The van der Waals surface area contributed by atoms with Gasteiger partial charge in [-0.3, -0.25) is 14.7 Å². The fourth-order valence-electron chi connectivity index (χ4n) is 8.54. The number of aromatic nitrogens is 2. The number of thioether (sulfide) groups is 1. The number of carbonyl (C=O) groups is 1. The van der Waals surface area contributed by atoms with Gasteiger partial charge in [0.2, 0.25) is 0 Å². The smallest absolute Gasteiger partial charge is 0.271 e. The lowest BCUT2D eigenvalue weighted by Gasteiger charge is -2.37. The summed E-state index contributed by atoms with van der Waals surface area (Å²) in [5.41, 5.74) is 7.00. The summed E-state index contributed by atoms with van der Waals surface area (Å²) in [6.45, 7) is 9.88. The Kier molecular flexibility index (Phi) is 17.3. The maximum absolute atomic E-state index is 13.4. The van der Waals surface area contributed by atoms with Gasteiger partial charge in [0.15, 0.2) is 8.30 Å². The summed E-state index contributed by atoms with van der Waals surface area (Å²) in [6.07, 6.45) is 9.36. The fourth-order valence-corrected chi connectivity index (χ4v) is 10.7. The molecule has 2 saturated heterocycles. The fraction of sp³-hybridized carbons (Fsp3) is 0.365. The lowest BCUT2D eigenvalue weighted by Crippen LogP contribution is -2.47. The van der Waals surface area contributed by atoms with Crippen molar-refractivity contribution in [3.8, 4) is 11.3 Å². The Morgan fingerprint density at radius 2 is 1.60 bits per heavy atom. The van der Waals surface area contributed by atoms with Crippen molar-refractivity contribution < 1.29 is 9.69 Å². The van der Waals surface area contributed by atoms with Crippen molar-refractivity contribution in [1.29, 1.82) is 0 Å². The molecule has 0 spiro atoms. The highest BCUT2D eigenvalue weighted by atomic mass is 35.5. The molecule has 2 aliphatic heterocycles. The van der Waals surface area contributed by atoms with Crippen molar-refractivity contribution in [2.24, 2.45) is 0 Å². The number of benzene rings is 4. The third kappa shape index (κ3) is 13.8. The molecule has 2 fully saturated rings. The number of amides is 1. The molecule has 0 bridgehead atoms. The van der Waals surface area contributed by atoms with Crippen LogP contribution >= 0.6 is 31.7 Å². The van der Waals surface area contributed by atoms with Crippen LogP contribution in [0.25, 0.3) is 11.3 Å². The molecule has 0 radical (unpaired) electrons. The molecule has 4 aromatic carbocycles. The molecule has 3 atom stereocenters. The predicted octanol–water partition coefficient (Wildman–Crippen LogP) is 8.18. The molecule has 15 heteroatoms. The van der Waals surface area contributed by atoms with Gasteiger partial charge in [-0.1, -0.05) is 54.1 Å². The minimum atomic E-state index is -1.58. The number of nitrogens with zero attached hydrogens (tertiary/aromatic N) is 7. The Hall–Kier alpha value is -4.98. The molecule has 67 heavy (non-hydrogen) atoms. The summed E-state index contributed by atoms with van der Waals surface area (Å²) in [6, 6.07) is 35.9. The summed E-state index contributed by atoms with van der Waals surface area (Å²) in [7, 11) is 4.79. The van der Waals surface area contributed by atoms with E-state index in [1.165, 1.54) is 4.90 Å². The Morgan fingerprint density at radius 1 is 0.881 bits per heavy atom. The van der Waals surface area contributed by atoms with Gasteiger partial charge in [-0.25, -0.2) is 4.98 Å². The first-order valence-corrected chi connectivity index (χ1v) is 26.0. The molecular formula is C52H64ClN10O2PS. The van der Waals surface area contributed by atoms with E-state index >= 15 is 0 Å². The first kappa shape index (κ1) is 48.5. The van der Waals surface area contributed by atoms with Gasteiger partial charge in [0.05, 0.1) is 17.6 Å². The van der Waals surface area contributed by atoms with E-state index in [9.17, 15) is 9.69 Å². The third-order valence-electron chi connectivity index (χ3n) is 12.6. The zero-order valence-electron chi connectivity index (χ0n) is 38.9. The first-order chi connectivity index (χ1) is 32.6. The quantitative estimate of drug-likeness (QED) is 0.0473. The van der Waals surface area contributed by atoms with Gasteiger partial charge in [0.25, 0.3) is 5.91 Å². The number of anilines is 4. The maximum Gasteiger partial charge on any atom is 0.271 e.